The summed E-state index contributed by atoms with van der Waals surface area (Å²) >= 11 is 0. The number of aromatic nitrogens is 2. The number of hydrogen-bond acceptors (Lipinski definition) is 6. The molecule has 2 aromatic heterocycles. The number of hydrogen-bond donors (Lipinski definition) is 1. The van der Waals surface area contributed by atoms with Crippen LogP contribution < -0.4 is 10.1 Å². The maximum absolute atomic E-state index is 11.0. The first-order valence-corrected chi connectivity index (χ1v) is 8.09. The summed E-state index contributed by atoms with van der Waals surface area (Å²) < 4.78 is 11.2. The van der Waals surface area contributed by atoms with Crippen molar-refractivity contribution in [3.63, 3.8) is 0 Å². The van der Waals surface area contributed by atoms with Gasteiger partial charge in [0.2, 0.25) is 5.91 Å². The first kappa shape index (κ1) is 16.4. The molecule has 7 nitrogen and oxygen atoms in total. The number of pyridine rings is 1. The highest BCUT2D eigenvalue weighted by Crippen LogP contribution is 2.20. The number of nitrogens with one attached hydrogen (secondary N) is 1. The standard InChI is InChI=1S/C17H22N4O3/c1-12-7-15(20-24-12)10-21-6-4-17(11-21)23-16-3-5-18-14(8-16)9-19-13(2)22/h3,5,7-8,17H,4,6,9-11H2,1-2H3,(H,19,22). The van der Waals surface area contributed by atoms with Gasteiger partial charge in [-0.2, -0.15) is 0 Å². The summed E-state index contributed by atoms with van der Waals surface area (Å²) in [5.74, 6) is 1.55. The van der Waals surface area contributed by atoms with Crippen LogP contribution in [-0.2, 0) is 17.9 Å². The van der Waals surface area contributed by atoms with Gasteiger partial charge in [-0.15, -0.1) is 0 Å². The average Bonchev–Trinajstić information content (AvgIpc) is 3.15. The Bertz CT molecular complexity index is 701. The molecule has 0 saturated carbocycles. The van der Waals surface area contributed by atoms with Crippen LogP contribution in [0, 0.1) is 6.92 Å². The Labute approximate surface area is 141 Å². The third kappa shape index (κ3) is 4.55. The van der Waals surface area contributed by atoms with Crippen LogP contribution in [0.3, 0.4) is 0 Å². The Kier molecular flexibility index (Phi) is 5.10. The lowest BCUT2D eigenvalue weighted by atomic mass is 10.3. The van der Waals surface area contributed by atoms with E-state index >= 15 is 0 Å². The lowest BCUT2D eigenvalue weighted by Crippen LogP contribution is -2.25. The number of aryl methyl sites for hydroxylation is 1. The highest BCUT2D eigenvalue weighted by atomic mass is 16.5. The third-order valence-electron chi connectivity index (χ3n) is 3.90. The Morgan fingerprint density at radius 2 is 2.33 bits per heavy atom. The molecule has 128 valence electrons. The minimum atomic E-state index is -0.0716. The molecule has 0 aromatic carbocycles. The average molecular weight is 330 g/mol. The molecule has 1 unspecified atom stereocenters. The van der Waals surface area contributed by atoms with Crippen molar-refractivity contribution in [2.24, 2.45) is 0 Å². The maximum Gasteiger partial charge on any atom is 0.217 e. The summed E-state index contributed by atoms with van der Waals surface area (Å²) in [6.45, 7) is 6.41. The molecule has 1 aliphatic heterocycles. The SMILES string of the molecule is CC(=O)NCc1cc(OC2CCN(Cc3cc(C)on3)C2)ccn1. The Morgan fingerprint density at radius 3 is 3.08 bits per heavy atom. The zero-order chi connectivity index (χ0) is 16.9. The number of rotatable bonds is 6. The normalized spacial score (nSPS) is 17.8. The minimum Gasteiger partial charge on any atom is -0.489 e. The summed E-state index contributed by atoms with van der Waals surface area (Å²) in [6.07, 6.45) is 2.83. The Hall–Kier alpha value is -2.41. The molecule has 1 fully saturated rings. The highest BCUT2D eigenvalue weighted by Gasteiger charge is 2.24. The van der Waals surface area contributed by atoms with E-state index in [2.05, 4.69) is 20.4 Å². The summed E-state index contributed by atoms with van der Waals surface area (Å²) in [5, 5.41) is 6.77. The van der Waals surface area contributed by atoms with Gasteiger partial charge in [0.05, 0.1) is 17.9 Å². The highest BCUT2D eigenvalue weighted by molar-refractivity contribution is 5.72. The molecule has 3 rings (SSSR count). The number of likely N-dealkylation sites (tertiary alicyclic amines) is 1. The molecule has 0 bridgehead atoms. The van der Waals surface area contributed by atoms with Gasteiger partial charge in [0, 0.05) is 44.9 Å². The molecule has 2 aromatic rings. The molecule has 1 amide bonds. The van der Waals surface area contributed by atoms with E-state index in [0.717, 1.165) is 49.0 Å². The fourth-order valence-electron chi connectivity index (χ4n) is 2.79. The Balaban J connectivity index is 1.51. The van der Waals surface area contributed by atoms with Crippen LogP contribution >= 0.6 is 0 Å². The van der Waals surface area contributed by atoms with Gasteiger partial charge in [-0.25, -0.2) is 0 Å². The van der Waals surface area contributed by atoms with E-state index in [0.29, 0.717) is 6.54 Å². The van der Waals surface area contributed by atoms with Crippen LogP contribution in [0.5, 0.6) is 5.75 Å². The predicted octanol–water partition coefficient (Wildman–Crippen LogP) is 1.67. The second-order valence-electron chi connectivity index (χ2n) is 6.09. The van der Waals surface area contributed by atoms with Crippen LogP contribution in [0.15, 0.2) is 28.9 Å². The molecule has 3 heterocycles. The van der Waals surface area contributed by atoms with Gasteiger partial charge in [0.25, 0.3) is 0 Å². The zero-order valence-electron chi connectivity index (χ0n) is 14.0. The van der Waals surface area contributed by atoms with Crippen LogP contribution in [0.1, 0.15) is 30.5 Å². The molecule has 1 atom stereocenters. The largest absolute Gasteiger partial charge is 0.489 e. The van der Waals surface area contributed by atoms with E-state index in [-0.39, 0.29) is 12.0 Å². The zero-order valence-corrected chi connectivity index (χ0v) is 14.0. The van der Waals surface area contributed by atoms with E-state index in [1.54, 1.807) is 6.20 Å². The van der Waals surface area contributed by atoms with Crippen molar-refractivity contribution in [2.45, 2.75) is 39.5 Å². The topological polar surface area (TPSA) is 80.5 Å². The second kappa shape index (κ2) is 7.44. The van der Waals surface area contributed by atoms with Crippen LogP contribution in [0.2, 0.25) is 0 Å². The lowest BCUT2D eigenvalue weighted by Gasteiger charge is -2.16. The molecule has 0 aliphatic carbocycles. The molecule has 0 radical (unpaired) electrons. The third-order valence-corrected chi connectivity index (χ3v) is 3.90. The maximum atomic E-state index is 11.0. The van der Waals surface area contributed by atoms with Gasteiger partial charge in [-0.3, -0.25) is 14.7 Å². The smallest absolute Gasteiger partial charge is 0.217 e. The van der Waals surface area contributed by atoms with Crippen LogP contribution in [0.25, 0.3) is 0 Å². The first-order valence-electron chi connectivity index (χ1n) is 8.09. The molecular weight excluding hydrogens is 308 g/mol. The molecule has 0 spiro atoms. The molecular formula is C17H22N4O3. The number of amides is 1. The number of carbonyl (C=O) groups excluding carboxylic acids is 1. The summed E-state index contributed by atoms with van der Waals surface area (Å²) in [6, 6.07) is 5.69. The molecule has 24 heavy (non-hydrogen) atoms. The van der Waals surface area contributed by atoms with Gasteiger partial charge in [0.15, 0.2) is 0 Å². The first-order chi connectivity index (χ1) is 11.6. The summed E-state index contributed by atoms with van der Waals surface area (Å²) in [5.41, 5.74) is 1.74. The fourth-order valence-corrected chi connectivity index (χ4v) is 2.79. The molecule has 1 aliphatic rings. The Morgan fingerprint density at radius 1 is 1.46 bits per heavy atom. The number of carbonyl (C=O) groups is 1. The van der Waals surface area contributed by atoms with Gasteiger partial charge in [-0.05, 0) is 19.4 Å². The summed E-state index contributed by atoms with van der Waals surface area (Å²) in [7, 11) is 0. The van der Waals surface area contributed by atoms with Gasteiger partial charge < -0.3 is 14.6 Å². The van der Waals surface area contributed by atoms with E-state index in [1.807, 2.05) is 25.1 Å². The van der Waals surface area contributed by atoms with Gasteiger partial charge in [0.1, 0.15) is 17.6 Å². The van der Waals surface area contributed by atoms with Crippen LogP contribution in [-0.4, -0.2) is 40.1 Å². The van der Waals surface area contributed by atoms with Crippen molar-refractivity contribution in [1.29, 1.82) is 0 Å². The van der Waals surface area contributed by atoms with E-state index in [1.165, 1.54) is 6.92 Å². The van der Waals surface area contributed by atoms with Crippen LogP contribution in [0.4, 0.5) is 0 Å². The van der Waals surface area contributed by atoms with Crippen molar-refractivity contribution in [3.8, 4) is 5.75 Å². The van der Waals surface area contributed by atoms with Crippen molar-refractivity contribution in [1.82, 2.24) is 20.4 Å². The quantitative estimate of drug-likeness (QED) is 0.868. The summed E-state index contributed by atoms with van der Waals surface area (Å²) in [4.78, 5) is 17.5. The van der Waals surface area contributed by atoms with Gasteiger partial charge >= 0.3 is 0 Å². The lowest BCUT2D eigenvalue weighted by molar-refractivity contribution is -0.119. The van der Waals surface area contributed by atoms with Crippen molar-refractivity contribution < 1.29 is 14.1 Å². The van der Waals surface area contributed by atoms with E-state index < -0.39 is 0 Å². The monoisotopic (exact) mass is 330 g/mol. The van der Waals surface area contributed by atoms with Gasteiger partial charge in [-0.1, -0.05) is 5.16 Å². The van der Waals surface area contributed by atoms with Crippen molar-refractivity contribution in [2.75, 3.05) is 13.1 Å². The fraction of sp³-hybridized carbons (Fsp3) is 0.471. The predicted molar refractivity (Wildman–Crippen MR) is 87.3 cm³/mol. The number of ether oxygens (including phenoxy) is 1. The van der Waals surface area contributed by atoms with E-state index in [9.17, 15) is 4.79 Å². The minimum absolute atomic E-state index is 0.0716. The molecule has 7 heteroatoms. The molecule has 1 N–H and O–H groups in total. The number of nitrogens with zero attached hydrogens (tertiary/aromatic N) is 3. The molecule has 1 saturated heterocycles. The second-order valence-corrected chi connectivity index (χ2v) is 6.09. The van der Waals surface area contributed by atoms with Crippen molar-refractivity contribution >= 4 is 5.91 Å². The van der Waals surface area contributed by atoms with E-state index in [4.69, 9.17) is 9.26 Å². The van der Waals surface area contributed by atoms with Crippen molar-refractivity contribution in [3.05, 3.63) is 41.5 Å².